The van der Waals surface area contributed by atoms with Crippen LogP contribution in [0.4, 0.5) is 17.3 Å². The molecule has 3 N–H and O–H groups in total. The summed E-state index contributed by atoms with van der Waals surface area (Å²) in [5, 5.41) is 12.6. The Hall–Kier alpha value is -3.47. The fraction of sp³-hybridized carbons (Fsp3) is 0.316. The maximum atomic E-state index is 12.9. The highest BCUT2D eigenvalue weighted by Crippen LogP contribution is 2.51. The van der Waals surface area contributed by atoms with Gasteiger partial charge in [0.05, 0.1) is 6.07 Å². The fourth-order valence-electron chi connectivity index (χ4n) is 3.57. The Kier molecular flexibility index (Phi) is 4.00. The number of pyridine rings is 2. The molecule has 0 bridgehead atoms. The second-order valence-electron chi connectivity index (χ2n) is 6.88. The Morgan fingerprint density at radius 1 is 1.26 bits per heavy atom. The van der Waals surface area contributed by atoms with E-state index in [0.29, 0.717) is 35.9 Å². The van der Waals surface area contributed by atoms with Crippen LogP contribution in [0.25, 0.3) is 0 Å². The number of nitrogens with zero attached hydrogens (tertiary/aromatic N) is 4. The number of primary amides is 1. The molecule has 0 radical (unpaired) electrons. The van der Waals surface area contributed by atoms with E-state index in [9.17, 15) is 14.9 Å². The topological polar surface area (TPSA) is 125 Å². The molecular weight excluding hydrogens is 344 g/mol. The number of amides is 2. The van der Waals surface area contributed by atoms with Crippen LogP contribution in [-0.4, -0.2) is 28.3 Å². The van der Waals surface area contributed by atoms with Gasteiger partial charge in [0.25, 0.3) is 0 Å². The van der Waals surface area contributed by atoms with Gasteiger partial charge in [-0.3, -0.25) is 9.59 Å². The summed E-state index contributed by atoms with van der Waals surface area (Å²) in [6.45, 7) is 0.516. The highest BCUT2D eigenvalue weighted by atomic mass is 16.2. The molecule has 136 valence electrons. The van der Waals surface area contributed by atoms with Crippen LogP contribution in [0.1, 0.15) is 29.6 Å². The second-order valence-corrected chi connectivity index (χ2v) is 6.88. The Morgan fingerprint density at radius 3 is 2.63 bits per heavy atom. The van der Waals surface area contributed by atoms with E-state index >= 15 is 0 Å². The van der Waals surface area contributed by atoms with Crippen LogP contribution in [0.2, 0.25) is 0 Å². The molecule has 2 aromatic rings. The van der Waals surface area contributed by atoms with E-state index in [-0.39, 0.29) is 11.8 Å². The molecule has 1 atom stereocenters. The van der Waals surface area contributed by atoms with E-state index in [1.54, 1.807) is 23.2 Å². The average molecular weight is 362 g/mol. The molecule has 8 nitrogen and oxygen atoms in total. The highest BCUT2D eigenvalue weighted by Gasteiger charge is 2.56. The Morgan fingerprint density at radius 2 is 1.96 bits per heavy atom. The Balaban J connectivity index is 1.57. The van der Waals surface area contributed by atoms with Gasteiger partial charge < -0.3 is 16.0 Å². The van der Waals surface area contributed by atoms with Gasteiger partial charge in [-0.25, -0.2) is 9.97 Å². The number of nitrogens with two attached hydrogens (primary N) is 1. The quantitative estimate of drug-likeness (QED) is 0.838. The van der Waals surface area contributed by atoms with Gasteiger partial charge in [0, 0.05) is 36.3 Å². The molecule has 1 saturated carbocycles. The zero-order valence-corrected chi connectivity index (χ0v) is 14.6. The molecule has 1 saturated heterocycles. The summed E-state index contributed by atoms with van der Waals surface area (Å²) in [6, 6.07) is 8.82. The molecule has 1 aliphatic heterocycles. The number of carbonyl (C=O) groups excluding carboxylic acids is 2. The van der Waals surface area contributed by atoms with Crippen LogP contribution in [0, 0.1) is 22.7 Å². The normalized spacial score (nSPS) is 21.7. The van der Waals surface area contributed by atoms with Crippen molar-refractivity contribution in [2.24, 2.45) is 17.1 Å². The van der Waals surface area contributed by atoms with Crippen molar-refractivity contribution in [2.45, 2.75) is 19.3 Å². The van der Waals surface area contributed by atoms with Gasteiger partial charge in [0.15, 0.2) is 0 Å². The van der Waals surface area contributed by atoms with Crippen molar-refractivity contribution in [3.63, 3.8) is 0 Å². The van der Waals surface area contributed by atoms with Crippen LogP contribution < -0.4 is 16.0 Å². The van der Waals surface area contributed by atoms with Crippen LogP contribution in [-0.2, 0) is 4.79 Å². The zero-order valence-electron chi connectivity index (χ0n) is 14.6. The Bertz CT molecular complexity index is 965. The summed E-state index contributed by atoms with van der Waals surface area (Å²) in [5.41, 5.74) is 5.42. The molecule has 1 aliphatic carbocycles. The summed E-state index contributed by atoms with van der Waals surface area (Å²) in [5.74, 6) is 0.416. The smallest absolute Gasteiger partial charge is 0.248 e. The van der Waals surface area contributed by atoms with Crippen molar-refractivity contribution in [2.75, 3.05) is 16.8 Å². The van der Waals surface area contributed by atoms with Gasteiger partial charge in [0.1, 0.15) is 17.1 Å². The molecule has 2 aliphatic rings. The summed E-state index contributed by atoms with van der Waals surface area (Å²) in [4.78, 5) is 34.3. The predicted octanol–water partition coefficient (Wildman–Crippen LogP) is 1.98. The van der Waals surface area contributed by atoms with Gasteiger partial charge in [-0.15, -0.1) is 0 Å². The molecule has 27 heavy (non-hydrogen) atoms. The monoisotopic (exact) mass is 362 g/mol. The standard InChI is InChI=1S/C19H18N6O2/c20-11-19(13-1-2-13)5-8-25(18(19)27)14-4-7-23-16(10-14)24-15-9-12(17(21)26)3-6-22-15/h3-4,6-7,9-10,13H,1-2,5,8H2,(H2,21,26)(H,22,23,24)/t19-/m1/s1. The number of aromatic nitrogens is 2. The van der Waals surface area contributed by atoms with Gasteiger partial charge >= 0.3 is 0 Å². The second kappa shape index (κ2) is 6.36. The van der Waals surface area contributed by atoms with Crippen molar-refractivity contribution in [3.8, 4) is 6.07 Å². The predicted molar refractivity (Wildman–Crippen MR) is 98.0 cm³/mol. The van der Waals surface area contributed by atoms with Crippen LogP contribution in [0.3, 0.4) is 0 Å². The molecule has 0 spiro atoms. The van der Waals surface area contributed by atoms with E-state index in [4.69, 9.17) is 5.73 Å². The molecule has 0 aromatic carbocycles. The van der Waals surface area contributed by atoms with Crippen LogP contribution >= 0.6 is 0 Å². The molecule has 0 unspecified atom stereocenters. The number of rotatable bonds is 5. The Labute approximate surface area is 156 Å². The number of hydrogen-bond acceptors (Lipinski definition) is 6. The molecule has 2 amide bonds. The number of hydrogen-bond donors (Lipinski definition) is 2. The minimum Gasteiger partial charge on any atom is -0.366 e. The van der Waals surface area contributed by atoms with Gasteiger partial charge in [-0.1, -0.05) is 0 Å². The first-order valence-corrected chi connectivity index (χ1v) is 8.76. The first-order valence-electron chi connectivity index (χ1n) is 8.76. The van der Waals surface area contributed by atoms with E-state index in [1.165, 1.54) is 18.3 Å². The fourth-order valence-corrected chi connectivity index (χ4v) is 3.57. The van der Waals surface area contributed by atoms with E-state index in [2.05, 4.69) is 21.4 Å². The lowest BCUT2D eigenvalue weighted by molar-refractivity contribution is -0.123. The maximum absolute atomic E-state index is 12.9. The SMILES string of the molecule is N#C[C@@]1(C2CC2)CCN(c2ccnc(Nc3cc(C(N)=O)ccn3)c2)C1=O. The molecular formula is C19H18N6O2. The van der Waals surface area contributed by atoms with Crippen molar-refractivity contribution in [1.29, 1.82) is 5.26 Å². The lowest BCUT2D eigenvalue weighted by Gasteiger charge is -2.21. The minimum absolute atomic E-state index is 0.126. The van der Waals surface area contributed by atoms with E-state index in [0.717, 1.165) is 12.8 Å². The number of carbonyl (C=O) groups is 2. The number of nitriles is 1. The van der Waals surface area contributed by atoms with Gasteiger partial charge in [-0.05, 0) is 43.4 Å². The molecule has 8 heteroatoms. The lowest BCUT2D eigenvalue weighted by atomic mass is 9.83. The van der Waals surface area contributed by atoms with Crippen LogP contribution in [0.5, 0.6) is 0 Å². The van der Waals surface area contributed by atoms with Crippen molar-refractivity contribution < 1.29 is 9.59 Å². The van der Waals surface area contributed by atoms with Gasteiger partial charge in [0.2, 0.25) is 11.8 Å². The summed E-state index contributed by atoms with van der Waals surface area (Å²) < 4.78 is 0. The summed E-state index contributed by atoms with van der Waals surface area (Å²) in [6.07, 6.45) is 5.51. The summed E-state index contributed by atoms with van der Waals surface area (Å²) >= 11 is 0. The van der Waals surface area contributed by atoms with Crippen molar-refractivity contribution >= 4 is 29.1 Å². The average Bonchev–Trinajstić information content (AvgIpc) is 3.46. The van der Waals surface area contributed by atoms with Crippen molar-refractivity contribution in [1.82, 2.24) is 9.97 Å². The number of anilines is 3. The van der Waals surface area contributed by atoms with Crippen molar-refractivity contribution in [3.05, 3.63) is 42.2 Å². The molecule has 4 rings (SSSR count). The van der Waals surface area contributed by atoms with Gasteiger partial charge in [-0.2, -0.15) is 5.26 Å². The first kappa shape index (κ1) is 17.0. The number of nitrogens with one attached hydrogen (secondary N) is 1. The third-order valence-electron chi connectivity index (χ3n) is 5.19. The molecule has 2 fully saturated rings. The minimum atomic E-state index is -0.881. The van der Waals surface area contributed by atoms with E-state index in [1.807, 2.05) is 0 Å². The largest absolute Gasteiger partial charge is 0.366 e. The molecule has 3 heterocycles. The third kappa shape index (κ3) is 2.97. The molecule has 2 aromatic heterocycles. The van der Waals surface area contributed by atoms with Crippen LogP contribution in [0.15, 0.2) is 36.7 Å². The zero-order chi connectivity index (χ0) is 19.0. The maximum Gasteiger partial charge on any atom is 0.248 e. The third-order valence-corrected chi connectivity index (χ3v) is 5.19. The summed E-state index contributed by atoms with van der Waals surface area (Å²) in [7, 11) is 0. The first-order chi connectivity index (χ1) is 13.0. The van der Waals surface area contributed by atoms with E-state index < -0.39 is 11.3 Å². The lowest BCUT2D eigenvalue weighted by Crippen LogP contribution is -2.35. The highest BCUT2D eigenvalue weighted by molar-refractivity contribution is 6.02.